The molecule has 14 heavy (non-hydrogen) atoms. The van der Waals surface area contributed by atoms with Crippen LogP contribution in [0.3, 0.4) is 0 Å². The molecular formula is C12H12FN. The number of rotatable bonds is 0. The van der Waals surface area contributed by atoms with Gasteiger partial charge in [0.05, 0.1) is 0 Å². The van der Waals surface area contributed by atoms with Crippen molar-refractivity contribution in [1.82, 2.24) is 4.98 Å². The van der Waals surface area contributed by atoms with Crippen molar-refractivity contribution >= 4 is 0 Å². The number of aryl methyl sites for hydroxylation is 1. The first-order valence-corrected chi connectivity index (χ1v) is 4.36. The van der Waals surface area contributed by atoms with Crippen molar-refractivity contribution in [3.63, 3.8) is 0 Å². The van der Waals surface area contributed by atoms with Crippen LogP contribution in [0.2, 0.25) is 0 Å². The van der Waals surface area contributed by atoms with Gasteiger partial charge in [-0.1, -0.05) is 23.8 Å². The Morgan fingerprint density at radius 3 is 1.79 bits per heavy atom. The van der Waals surface area contributed by atoms with Crippen LogP contribution in [0.4, 0.5) is 4.39 Å². The van der Waals surface area contributed by atoms with Crippen LogP contribution >= 0.6 is 0 Å². The Labute approximate surface area is 83.2 Å². The number of aromatic nitrogens is 1. The first-order valence-electron chi connectivity index (χ1n) is 4.36. The van der Waals surface area contributed by atoms with Crippen LogP contribution in [0.5, 0.6) is 0 Å². The number of hydrogen-bond donors (Lipinski definition) is 0. The molecular weight excluding hydrogens is 177 g/mol. The Balaban J connectivity index is 0.000000146. The molecule has 1 nitrogen and oxygen atoms in total. The van der Waals surface area contributed by atoms with E-state index in [0.29, 0.717) is 0 Å². The van der Waals surface area contributed by atoms with Gasteiger partial charge in [-0.15, -0.1) is 0 Å². The summed E-state index contributed by atoms with van der Waals surface area (Å²) in [5.74, 6) is -0.171. The lowest BCUT2D eigenvalue weighted by molar-refractivity contribution is 0.627. The average molecular weight is 189 g/mol. The van der Waals surface area contributed by atoms with Gasteiger partial charge in [0.25, 0.3) is 0 Å². The molecule has 0 unspecified atom stereocenters. The van der Waals surface area contributed by atoms with Gasteiger partial charge >= 0.3 is 0 Å². The highest BCUT2D eigenvalue weighted by Crippen LogP contribution is 1.98. The van der Waals surface area contributed by atoms with E-state index in [2.05, 4.69) is 4.98 Å². The third kappa shape index (κ3) is 4.36. The third-order valence-electron chi connectivity index (χ3n) is 1.58. The van der Waals surface area contributed by atoms with Gasteiger partial charge in [0.1, 0.15) is 5.82 Å². The van der Waals surface area contributed by atoms with Gasteiger partial charge in [-0.05, 0) is 31.2 Å². The predicted octanol–water partition coefficient (Wildman–Crippen LogP) is 3.22. The number of nitrogens with zero attached hydrogens (tertiary/aromatic N) is 1. The van der Waals surface area contributed by atoms with E-state index < -0.39 is 0 Å². The number of halogens is 1. The first kappa shape index (κ1) is 10.4. The quantitative estimate of drug-likeness (QED) is 0.620. The zero-order valence-corrected chi connectivity index (χ0v) is 8.02. The minimum atomic E-state index is -0.171. The molecule has 1 aromatic carbocycles. The summed E-state index contributed by atoms with van der Waals surface area (Å²) in [5, 5.41) is 0. The SMILES string of the molecule is Cc1ccc(F)cc1.c1ccncc1. The highest BCUT2D eigenvalue weighted by molar-refractivity contribution is 5.13. The zero-order valence-electron chi connectivity index (χ0n) is 8.02. The Kier molecular flexibility index (Phi) is 4.35. The van der Waals surface area contributed by atoms with E-state index in [1.165, 1.54) is 12.1 Å². The summed E-state index contributed by atoms with van der Waals surface area (Å²) in [5.41, 5.74) is 1.09. The molecule has 0 saturated carbocycles. The lowest BCUT2D eigenvalue weighted by atomic mass is 10.2. The van der Waals surface area contributed by atoms with Crippen molar-refractivity contribution < 1.29 is 4.39 Å². The van der Waals surface area contributed by atoms with Gasteiger partial charge in [-0.3, -0.25) is 4.98 Å². The maximum Gasteiger partial charge on any atom is 0.123 e. The molecule has 0 aliphatic rings. The molecule has 0 fully saturated rings. The van der Waals surface area contributed by atoms with Crippen LogP contribution in [0.15, 0.2) is 54.9 Å². The van der Waals surface area contributed by atoms with E-state index in [1.54, 1.807) is 24.5 Å². The molecule has 2 rings (SSSR count). The molecule has 0 N–H and O–H groups in total. The highest BCUT2D eigenvalue weighted by atomic mass is 19.1. The van der Waals surface area contributed by atoms with E-state index in [0.717, 1.165) is 5.56 Å². The molecule has 0 aliphatic carbocycles. The normalized spacial score (nSPS) is 8.71. The zero-order chi connectivity index (χ0) is 10.2. The molecule has 0 bridgehead atoms. The Bertz CT molecular complexity index is 295. The number of benzene rings is 1. The van der Waals surface area contributed by atoms with Crippen LogP contribution in [-0.4, -0.2) is 4.98 Å². The van der Waals surface area contributed by atoms with Gasteiger partial charge in [-0.2, -0.15) is 0 Å². The fourth-order valence-electron chi connectivity index (χ4n) is 0.846. The van der Waals surface area contributed by atoms with Crippen molar-refractivity contribution in [2.24, 2.45) is 0 Å². The standard InChI is InChI=1S/C7H7F.C5H5N/c1-6-2-4-7(8)5-3-6;1-2-4-6-5-3-1/h2-5H,1H3;1-5H. The second-order valence-electron chi connectivity index (χ2n) is 2.82. The van der Waals surface area contributed by atoms with Crippen LogP contribution in [0.1, 0.15) is 5.56 Å². The summed E-state index contributed by atoms with van der Waals surface area (Å²) >= 11 is 0. The molecule has 0 spiro atoms. The van der Waals surface area contributed by atoms with Crippen LogP contribution in [0, 0.1) is 12.7 Å². The maximum absolute atomic E-state index is 12.1. The van der Waals surface area contributed by atoms with E-state index in [-0.39, 0.29) is 5.82 Å². The molecule has 1 aromatic heterocycles. The summed E-state index contributed by atoms with van der Waals surface area (Å²) in [7, 11) is 0. The fraction of sp³-hybridized carbons (Fsp3) is 0.0833. The van der Waals surface area contributed by atoms with E-state index in [1.807, 2.05) is 25.1 Å². The van der Waals surface area contributed by atoms with Crippen molar-refractivity contribution in [3.8, 4) is 0 Å². The Morgan fingerprint density at radius 1 is 0.929 bits per heavy atom. The van der Waals surface area contributed by atoms with Gasteiger partial charge in [0.15, 0.2) is 0 Å². The first-order chi connectivity index (χ1) is 6.79. The molecule has 0 radical (unpaired) electrons. The maximum atomic E-state index is 12.1. The second kappa shape index (κ2) is 5.86. The summed E-state index contributed by atoms with van der Waals surface area (Å²) in [6.45, 7) is 1.93. The summed E-state index contributed by atoms with van der Waals surface area (Å²) < 4.78 is 12.1. The number of hydrogen-bond acceptors (Lipinski definition) is 1. The molecule has 0 aliphatic heterocycles. The summed E-state index contributed by atoms with van der Waals surface area (Å²) in [6, 6.07) is 12.1. The lowest BCUT2D eigenvalue weighted by Crippen LogP contribution is -1.71. The van der Waals surface area contributed by atoms with Crippen LogP contribution in [-0.2, 0) is 0 Å². The minimum absolute atomic E-state index is 0.171. The predicted molar refractivity (Wildman–Crippen MR) is 55.4 cm³/mol. The second-order valence-corrected chi connectivity index (χ2v) is 2.82. The third-order valence-corrected chi connectivity index (χ3v) is 1.58. The van der Waals surface area contributed by atoms with Crippen molar-refractivity contribution in [2.45, 2.75) is 6.92 Å². The summed E-state index contributed by atoms with van der Waals surface area (Å²) in [4.78, 5) is 3.78. The fourth-order valence-corrected chi connectivity index (χ4v) is 0.846. The Hall–Kier alpha value is -1.70. The topological polar surface area (TPSA) is 12.9 Å². The van der Waals surface area contributed by atoms with Crippen molar-refractivity contribution in [3.05, 3.63) is 66.2 Å². The van der Waals surface area contributed by atoms with Crippen LogP contribution in [0.25, 0.3) is 0 Å². The van der Waals surface area contributed by atoms with E-state index in [9.17, 15) is 4.39 Å². The Morgan fingerprint density at radius 2 is 1.50 bits per heavy atom. The van der Waals surface area contributed by atoms with Gasteiger partial charge < -0.3 is 0 Å². The molecule has 0 saturated heterocycles. The van der Waals surface area contributed by atoms with Crippen LogP contribution < -0.4 is 0 Å². The minimum Gasteiger partial charge on any atom is -0.265 e. The lowest BCUT2D eigenvalue weighted by Gasteiger charge is -1.87. The van der Waals surface area contributed by atoms with Gasteiger partial charge in [0.2, 0.25) is 0 Å². The van der Waals surface area contributed by atoms with Crippen molar-refractivity contribution in [1.29, 1.82) is 0 Å². The van der Waals surface area contributed by atoms with E-state index >= 15 is 0 Å². The molecule has 2 heteroatoms. The van der Waals surface area contributed by atoms with Gasteiger partial charge in [0, 0.05) is 12.4 Å². The van der Waals surface area contributed by atoms with E-state index in [4.69, 9.17) is 0 Å². The molecule has 0 amide bonds. The highest BCUT2D eigenvalue weighted by Gasteiger charge is 1.83. The molecule has 1 heterocycles. The van der Waals surface area contributed by atoms with Crippen molar-refractivity contribution in [2.75, 3.05) is 0 Å². The average Bonchev–Trinajstić information content (AvgIpc) is 2.26. The molecule has 72 valence electrons. The molecule has 0 atom stereocenters. The summed E-state index contributed by atoms with van der Waals surface area (Å²) in [6.07, 6.45) is 3.50. The van der Waals surface area contributed by atoms with Gasteiger partial charge in [-0.25, -0.2) is 4.39 Å². The smallest absolute Gasteiger partial charge is 0.123 e. The molecule has 2 aromatic rings. The monoisotopic (exact) mass is 189 g/mol. The number of pyridine rings is 1. The largest absolute Gasteiger partial charge is 0.265 e.